The number of hydrogen-bond acceptors (Lipinski definition) is 1. The molecule has 1 aromatic rings. The van der Waals surface area contributed by atoms with E-state index in [9.17, 15) is 4.79 Å². The molecule has 0 bridgehead atoms. The molecule has 2 N–H and O–H groups in total. The Balaban J connectivity index is 2.63. The van der Waals surface area contributed by atoms with Crippen molar-refractivity contribution < 1.29 is 4.79 Å². The van der Waals surface area contributed by atoms with Gasteiger partial charge in [-0.05, 0) is 25.3 Å². The van der Waals surface area contributed by atoms with Crippen LogP contribution in [0.25, 0.3) is 0 Å². The number of hydrogen-bond donors (Lipinski definition) is 1. The molecule has 0 spiro atoms. The minimum atomic E-state index is -0.225. The van der Waals surface area contributed by atoms with E-state index in [4.69, 9.17) is 5.73 Å². The van der Waals surface area contributed by atoms with Crippen molar-refractivity contribution >= 4 is 5.91 Å². The van der Waals surface area contributed by atoms with Gasteiger partial charge in [0.1, 0.15) is 0 Å². The van der Waals surface area contributed by atoms with Crippen molar-refractivity contribution in [2.45, 2.75) is 19.8 Å². The first kappa shape index (κ1) is 11.5. The molecule has 1 amide bonds. The van der Waals surface area contributed by atoms with Crippen LogP contribution in [0.3, 0.4) is 0 Å². The molecule has 2 nitrogen and oxygen atoms in total. The third kappa shape index (κ3) is 3.98. The van der Waals surface area contributed by atoms with Crippen LogP contribution in [0.5, 0.6) is 0 Å². The molecule has 0 aliphatic heterocycles. The lowest BCUT2D eigenvalue weighted by Gasteiger charge is -2.10. The molecule has 0 aliphatic rings. The van der Waals surface area contributed by atoms with Gasteiger partial charge >= 0.3 is 0 Å². The van der Waals surface area contributed by atoms with Crippen LogP contribution in [0.15, 0.2) is 42.5 Å². The van der Waals surface area contributed by atoms with Gasteiger partial charge in [-0.15, -0.1) is 0 Å². The summed E-state index contributed by atoms with van der Waals surface area (Å²) in [5, 5.41) is 0. The number of benzene rings is 1. The predicted octanol–water partition coefficient (Wildman–Crippen LogP) is 2.30. The Hall–Kier alpha value is -1.57. The molecule has 1 rings (SSSR count). The molecule has 80 valence electrons. The molecule has 1 atom stereocenters. The molecule has 0 heterocycles. The first-order valence-corrected chi connectivity index (χ1v) is 5.18. The highest BCUT2D eigenvalue weighted by Crippen LogP contribution is 2.12. The van der Waals surface area contributed by atoms with E-state index < -0.39 is 0 Å². The van der Waals surface area contributed by atoms with Gasteiger partial charge in [0.25, 0.3) is 0 Å². The van der Waals surface area contributed by atoms with Gasteiger partial charge in [0.2, 0.25) is 5.91 Å². The summed E-state index contributed by atoms with van der Waals surface area (Å²) in [6.07, 6.45) is 5.38. The topological polar surface area (TPSA) is 43.1 Å². The van der Waals surface area contributed by atoms with E-state index in [1.54, 1.807) is 0 Å². The first-order chi connectivity index (χ1) is 7.24. The second-order valence-corrected chi connectivity index (χ2v) is 3.59. The van der Waals surface area contributed by atoms with Crippen molar-refractivity contribution in [2.24, 2.45) is 11.7 Å². The molecule has 0 aliphatic carbocycles. The van der Waals surface area contributed by atoms with E-state index in [1.165, 1.54) is 0 Å². The van der Waals surface area contributed by atoms with E-state index >= 15 is 0 Å². The molecule has 15 heavy (non-hydrogen) atoms. The zero-order chi connectivity index (χ0) is 11.1. The number of carbonyl (C=O) groups is 1. The SMILES string of the molecule is C/C=C/C[C@H](Cc1ccccc1)C(N)=O. The standard InChI is InChI=1S/C13H17NO/c1-2-3-9-12(13(14)15)10-11-7-5-4-6-8-11/h2-8,12H,9-10H2,1H3,(H2,14,15)/b3-2+/t12-/m1/s1. The van der Waals surface area contributed by atoms with E-state index in [0.717, 1.165) is 18.4 Å². The molecule has 1 aromatic carbocycles. The second kappa shape index (κ2) is 6.02. The fraction of sp³-hybridized carbons (Fsp3) is 0.308. The molecule has 0 saturated heterocycles. The Morgan fingerprint density at radius 3 is 2.60 bits per heavy atom. The van der Waals surface area contributed by atoms with Crippen LogP contribution in [0.4, 0.5) is 0 Å². The van der Waals surface area contributed by atoms with Crippen LogP contribution in [0.2, 0.25) is 0 Å². The van der Waals surface area contributed by atoms with Crippen LogP contribution in [-0.2, 0) is 11.2 Å². The van der Waals surface area contributed by atoms with Gasteiger partial charge < -0.3 is 5.73 Å². The fourth-order valence-corrected chi connectivity index (χ4v) is 1.50. The zero-order valence-corrected chi connectivity index (χ0v) is 9.02. The summed E-state index contributed by atoms with van der Waals surface area (Å²) in [5.41, 5.74) is 6.51. The number of carbonyl (C=O) groups excluding carboxylic acids is 1. The van der Waals surface area contributed by atoms with Crippen molar-refractivity contribution in [1.29, 1.82) is 0 Å². The summed E-state index contributed by atoms with van der Waals surface area (Å²) < 4.78 is 0. The largest absolute Gasteiger partial charge is 0.369 e. The van der Waals surface area contributed by atoms with Crippen molar-refractivity contribution in [3.63, 3.8) is 0 Å². The van der Waals surface area contributed by atoms with Gasteiger partial charge in [0.15, 0.2) is 0 Å². The van der Waals surface area contributed by atoms with Crippen molar-refractivity contribution in [3.8, 4) is 0 Å². The molecule has 0 fully saturated rings. The van der Waals surface area contributed by atoms with Gasteiger partial charge in [0.05, 0.1) is 0 Å². The Labute approximate surface area is 90.8 Å². The van der Waals surface area contributed by atoms with Crippen LogP contribution in [0.1, 0.15) is 18.9 Å². The number of rotatable bonds is 5. The quantitative estimate of drug-likeness (QED) is 0.733. The average Bonchev–Trinajstić information content (AvgIpc) is 2.25. The minimum Gasteiger partial charge on any atom is -0.369 e. The summed E-state index contributed by atoms with van der Waals surface area (Å²) in [4.78, 5) is 11.2. The highest BCUT2D eigenvalue weighted by Gasteiger charge is 2.13. The summed E-state index contributed by atoms with van der Waals surface area (Å²) in [7, 11) is 0. The van der Waals surface area contributed by atoms with Crippen molar-refractivity contribution in [3.05, 3.63) is 48.0 Å². The Morgan fingerprint density at radius 1 is 1.40 bits per heavy atom. The maximum absolute atomic E-state index is 11.2. The van der Waals surface area contributed by atoms with E-state index in [0.29, 0.717) is 0 Å². The van der Waals surface area contributed by atoms with Crippen LogP contribution in [0, 0.1) is 5.92 Å². The van der Waals surface area contributed by atoms with E-state index in [2.05, 4.69) is 0 Å². The summed E-state index contributed by atoms with van der Waals surface area (Å²) in [6, 6.07) is 9.96. The maximum Gasteiger partial charge on any atom is 0.221 e. The lowest BCUT2D eigenvalue weighted by atomic mass is 9.95. The maximum atomic E-state index is 11.2. The molecular weight excluding hydrogens is 186 g/mol. The Kier molecular flexibility index (Phi) is 4.61. The highest BCUT2D eigenvalue weighted by atomic mass is 16.1. The molecule has 0 aromatic heterocycles. The third-order valence-corrected chi connectivity index (χ3v) is 2.38. The van der Waals surface area contributed by atoms with Crippen LogP contribution < -0.4 is 5.73 Å². The lowest BCUT2D eigenvalue weighted by Crippen LogP contribution is -2.24. The van der Waals surface area contributed by atoms with Gasteiger partial charge in [-0.1, -0.05) is 42.5 Å². The number of nitrogens with two attached hydrogens (primary N) is 1. The molecule has 0 radical (unpaired) electrons. The van der Waals surface area contributed by atoms with Gasteiger partial charge in [-0.25, -0.2) is 0 Å². The molecular formula is C13H17NO. The smallest absolute Gasteiger partial charge is 0.221 e. The summed E-state index contributed by atoms with van der Waals surface area (Å²) in [5.74, 6) is -0.319. The van der Waals surface area contributed by atoms with Gasteiger partial charge in [-0.3, -0.25) is 4.79 Å². The van der Waals surface area contributed by atoms with E-state index in [-0.39, 0.29) is 11.8 Å². The van der Waals surface area contributed by atoms with Crippen molar-refractivity contribution in [1.82, 2.24) is 0 Å². The van der Waals surface area contributed by atoms with Crippen LogP contribution >= 0.6 is 0 Å². The Morgan fingerprint density at radius 2 is 2.07 bits per heavy atom. The number of allylic oxidation sites excluding steroid dienone is 2. The predicted molar refractivity (Wildman–Crippen MR) is 62.3 cm³/mol. The minimum absolute atomic E-state index is 0.0939. The van der Waals surface area contributed by atoms with Gasteiger partial charge in [0, 0.05) is 5.92 Å². The lowest BCUT2D eigenvalue weighted by molar-refractivity contribution is -0.121. The molecule has 0 saturated carbocycles. The van der Waals surface area contributed by atoms with Crippen LogP contribution in [-0.4, -0.2) is 5.91 Å². The highest BCUT2D eigenvalue weighted by molar-refractivity contribution is 5.77. The summed E-state index contributed by atoms with van der Waals surface area (Å²) >= 11 is 0. The summed E-state index contributed by atoms with van der Waals surface area (Å²) in [6.45, 7) is 1.95. The molecule has 0 unspecified atom stereocenters. The average molecular weight is 203 g/mol. The third-order valence-electron chi connectivity index (χ3n) is 2.38. The van der Waals surface area contributed by atoms with Crippen molar-refractivity contribution in [2.75, 3.05) is 0 Å². The zero-order valence-electron chi connectivity index (χ0n) is 9.02. The number of primary amides is 1. The Bertz CT molecular complexity index is 330. The normalized spacial score (nSPS) is 12.9. The second-order valence-electron chi connectivity index (χ2n) is 3.59. The molecule has 2 heteroatoms. The van der Waals surface area contributed by atoms with E-state index in [1.807, 2.05) is 49.4 Å². The number of amides is 1. The fourth-order valence-electron chi connectivity index (χ4n) is 1.50. The first-order valence-electron chi connectivity index (χ1n) is 5.18. The monoisotopic (exact) mass is 203 g/mol. The van der Waals surface area contributed by atoms with Gasteiger partial charge in [-0.2, -0.15) is 0 Å².